The molecule has 80 valence electrons. The first-order valence-electron chi connectivity index (χ1n) is 4.70. The predicted molar refractivity (Wildman–Crippen MR) is 57.8 cm³/mol. The summed E-state index contributed by atoms with van der Waals surface area (Å²) in [7, 11) is 1.35. The van der Waals surface area contributed by atoms with Crippen molar-refractivity contribution in [3.05, 3.63) is 34.3 Å². The van der Waals surface area contributed by atoms with E-state index in [1.54, 1.807) is 0 Å². The molecule has 0 bridgehead atoms. The van der Waals surface area contributed by atoms with Gasteiger partial charge in [-0.2, -0.15) is 0 Å². The molecule has 1 atom stereocenters. The summed E-state index contributed by atoms with van der Waals surface area (Å²) in [5.41, 5.74) is 7.06. The second-order valence-corrected chi connectivity index (χ2v) is 4.29. The molecule has 1 unspecified atom stereocenters. The second-order valence-electron chi connectivity index (χ2n) is 3.88. The van der Waals surface area contributed by atoms with E-state index in [0.29, 0.717) is 17.9 Å². The Morgan fingerprint density at radius 3 is 2.87 bits per heavy atom. The molecule has 1 aliphatic carbocycles. The lowest BCUT2D eigenvalue weighted by molar-refractivity contribution is -0.146. The Morgan fingerprint density at radius 1 is 1.53 bits per heavy atom. The van der Waals surface area contributed by atoms with E-state index in [1.165, 1.54) is 7.11 Å². The van der Waals surface area contributed by atoms with Crippen LogP contribution in [0.15, 0.2) is 18.2 Å². The van der Waals surface area contributed by atoms with Crippen LogP contribution in [0.2, 0.25) is 5.02 Å². The van der Waals surface area contributed by atoms with Crippen LogP contribution in [0.1, 0.15) is 11.1 Å². The first-order valence-corrected chi connectivity index (χ1v) is 5.08. The fourth-order valence-corrected chi connectivity index (χ4v) is 2.29. The van der Waals surface area contributed by atoms with Crippen LogP contribution in [-0.2, 0) is 22.4 Å². The zero-order valence-corrected chi connectivity index (χ0v) is 9.17. The Bertz CT molecular complexity index is 419. The highest BCUT2D eigenvalue weighted by molar-refractivity contribution is 6.31. The van der Waals surface area contributed by atoms with Gasteiger partial charge < -0.3 is 10.5 Å². The molecule has 3 nitrogen and oxygen atoms in total. The maximum Gasteiger partial charge on any atom is 0.326 e. The molecule has 2 rings (SSSR count). The molecule has 1 aliphatic rings. The van der Waals surface area contributed by atoms with E-state index in [4.69, 9.17) is 22.1 Å². The lowest BCUT2D eigenvalue weighted by Gasteiger charge is -2.19. The van der Waals surface area contributed by atoms with Crippen LogP contribution in [0.25, 0.3) is 0 Å². The van der Waals surface area contributed by atoms with Gasteiger partial charge >= 0.3 is 5.97 Å². The van der Waals surface area contributed by atoms with E-state index in [9.17, 15) is 4.79 Å². The summed E-state index contributed by atoms with van der Waals surface area (Å²) in [6.45, 7) is 0. The largest absolute Gasteiger partial charge is 0.468 e. The van der Waals surface area contributed by atoms with Crippen LogP contribution in [0.3, 0.4) is 0 Å². The van der Waals surface area contributed by atoms with Crippen molar-refractivity contribution in [2.24, 2.45) is 5.73 Å². The molecule has 15 heavy (non-hydrogen) atoms. The number of ether oxygens (including phenoxy) is 1. The highest BCUT2D eigenvalue weighted by Gasteiger charge is 2.42. The lowest BCUT2D eigenvalue weighted by atomic mass is 9.98. The molecule has 0 amide bonds. The van der Waals surface area contributed by atoms with Crippen molar-refractivity contribution in [3.8, 4) is 0 Å². The summed E-state index contributed by atoms with van der Waals surface area (Å²) in [5.74, 6) is -0.380. The van der Waals surface area contributed by atoms with Gasteiger partial charge in [-0.1, -0.05) is 23.7 Å². The Balaban J connectivity index is 2.37. The van der Waals surface area contributed by atoms with Gasteiger partial charge in [0.1, 0.15) is 5.54 Å². The number of halogens is 1. The quantitative estimate of drug-likeness (QED) is 0.734. The van der Waals surface area contributed by atoms with E-state index in [2.05, 4.69) is 0 Å². The van der Waals surface area contributed by atoms with E-state index in [1.807, 2.05) is 18.2 Å². The van der Waals surface area contributed by atoms with Gasteiger partial charge in [0.15, 0.2) is 0 Å². The van der Waals surface area contributed by atoms with Crippen LogP contribution in [0.4, 0.5) is 0 Å². The van der Waals surface area contributed by atoms with Crippen molar-refractivity contribution in [1.29, 1.82) is 0 Å². The highest BCUT2D eigenvalue weighted by Crippen LogP contribution is 2.33. The Morgan fingerprint density at radius 2 is 2.27 bits per heavy atom. The third-order valence-electron chi connectivity index (χ3n) is 2.81. The maximum atomic E-state index is 11.5. The number of carbonyl (C=O) groups excluding carboxylic acids is 1. The zero-order valence-electron chi connectivity index (χ0n) is 8.42. The van der Waals surface area contributed by atoms with Gasteiger partial charge in [-0.15, -0.1) is 0 Å². The second kappa shape index (κ2) is 3.51. The Labute approximate surface area is 93.2 Å². The molecule has 0 aromatic heterocycles. The van der Waals surface area contributed by atoms with Crippen molar-refractivity contribution >= 4 is 17.6 Å². The average molecular weight is 226 g/mol. The van der Waals surface area contributed by atoms with E-state index in [-0.39, 0.29) is 5.97 Å². The number of rotatable bonds is 1. The van der Waals surface area contributed by atoms with E-state index >= 15 is 0 Å². The molecule has 0 spiro atoms. The number of esters is 1. The summed E-state index contributed by atoms with van der Waals surface area (Å²) in [6.07, 6.45) is 0.949. The molecule has 0 heterocycles. The first-order chi connectivity index (χ1) is 7.07. The smallest absolute Gasteiger partial charge is 0.326 e. The van der Waals surface area contributed by atoms with Gasteiger partial charge in [0.25, 0.3) is 0 Å². The summed E-state index contributed by atoms with van der Waals surface area (Å²) >= 11 is 6.04. The van der Waals surface area contributed by atoms with Gasteiger partial charge in [0, 0.05) is 17.9 Å². The normalized spacial score (nSPS) is 23.7. The average Bonchev–Trinajstić information content (AvgIpc) is 2.57. The summed E-state index contributed by atoms with van der Waals surface area (Å²) in [4.78, 5) is 11.5. The molecule has 1 aromatic carbocycles. The van der Waals surface area contributed by atoms with Gasteiger partial charge in [-0.25, -0.2) is 0 Å². The van der Waals surface area contributed by atoms with Gasteiger partial charge in [-0.3, -0.25) is 4.79 Å². The van der Waals surface area contributed by atoms with Crippen LogP contribution in [0, 0.1) is 0 Å². The molecule has 0 saturated carbocycles. The van der Waals surface area contributed by atoms with Crippen molar-refractivity contribution < 1.29 is 9.53 Å². The monoisotopic (exact) mass is 225 g/mol. The number of fused-ring (bicyclic) bond motifs is 1. The number of methoxy groups -OCH3 is 1. The first kappa shape index (κ1) is 10.5. The molecule has 4 heteroatoms. The van der Waals surface area contributed by atoms with Crippen molar-refractivity contribution in [1.82, 2.24) is 0 Å². The SMILES string of the molecule is COC(=O)C1(N)Cc2cccc(Cl)c2C1. The van der Waals surface area contributed by atoms with Crippen LogP contribution < -0.4 is 5.73 Å². The Kier molecular flexibility index (Phi) is 2.44. The molecule has 0 radical (unpaired) electrons. The van der Waals surface area contributed by atoms with Crippen molar-refractivity contribution in [3.63, 3.8) is 0 Å². The maximum absolute atomic E-state index is 11.5. The number of carbonyl (C=O) groups is 1. The molecule has 2 N–H and O–H groups in total. The van der Waals surface area contributed by atoms with E-state index < -0.39 is 5.54 Å². The fraction of sp³-hybridized carbons (Fsp3) is 0.364. The van der Waals surface area contributed by atoms with Gasteiger partial charge in [0.2, 0.25) is 0 Å². The summed E-state index contributed by atoms with van der Waals surface area (Å²) < 4.78 is 4.70. The fourth-order valence-electron chi connectivity index (χ4n) is 2.03. The highest BCUT2D eigenvalue weighted by atomic mass is 35.5. The molecule has 1 aromatic rings. The van der Waals surface area contributed by atoms with Crippen molar-refractivity contribution in [2.45, 2.75) is 18.4 Å². The number of benzene rings is 1. The van der Waals surface area contributed by atoms with Crippen LogP contribution in [0.5, 0.6) is 0 Å². The molecule has 0 aliphatic heterocycles. The summed E-state index contributed by atoms with van der Waals surface area (Å²) in [5, 5.41) is 0.670. The number of hydrogen-bond donors (Lipinski definition) is 1. The Hall–Kier alpha value is -1.06. The number of hydrogen-bond acceptors (Lipinski definition) is 3. The predicted octanol–water partition coefficient (Wildman–Crippen LogP) is 1.31. The van der Waals surface area contributed by atoms with Crippen LogP contribution >= 0.6 is 11.6 Å². The zero-order chi connectivity index (χ0) is 11.1. The standard InChI is InChI=1S/C11H12ClNO2/c1-15-10(14)11(13)5-7-3-2-4-9(12)8(7)6-11/h2-4H,5-6,13H2,1H3. The molecule has 0 saturated heterocycles. The lowest BCUT2D eigenvalue weighted by Crippen LogP contribution is -2.49. The van der Waals surface area contributed by atoms with E-state index in [0.717, 1.165) is 11.1 Å². The van der Waals surface area contributed by atoms with Crippen molar-refractivity contribution in [2.75, 3.05) is 7.11 Å². The van der Waals surface area contributed by atoms with Gasteiger partial charge in [-0.05, 0) is 17.2 Å². The topological polar surface area (TPSA) is 52.3 Å². The minimum Gasteiger partial charge on any atom is -0.468 e. The molecular weight excluding hydrogens is 214 g/mol. The number of nitrogens with two attached hydrogens (primary N) is 1. The molecule has 0 fully saturated rings. The summed E-state index contributed by atoms with van der Waals surface area (Å²) in [6, 6.07) is 5.62. The third-order valence-corrected chi connectivity index (χ3v) is 3.16. The minimum absolute atomic E-state index is 0.380. The van der Waals surface area contributed by atoms with Crippen LogP contribution in [-0.4, -0.2) is 18.6 Å². The molecular formula is C11H12ClNO2. The third kappa shape index (κ3) is 1.62. The minimum atomic E-state index is -0.942. The van der Waals surface area contributed by atoms with Gasteiger partial charge in [0.05, 0.1) is 7.11 Å².